The van der Waals surface area contributed by atoms with Gasteiger partial charge in [-0.15, -0.1) is 0 Å². The van der Waals surface area contributed by atoms with Gasteiger partial charge in [0.05, 0.1) is 5.39 Å². The zero-order chi connectivity index (χ0) is 22.2. The summed E-state index contributed by atoms with van der Waals surface area (Å²) >= 11 is 6.14. The number of carbonyl (C=O) groups excluding carboxylic acids is 1. The molecule has 0 atom stereocenters. The molecule has 0 unspecified atom stereocenters. The van der Waals surface area contributed by atoms with E-state index in [-0.39, 0.29) is 12.5 Å². The Hall–Kier alpha value is -3.66. The van der Waals surface area contributed by atoms with Gasteiger partial charge >= 0.3 is 0 Å². The number of aromatic amines is 1. The minimum atomic E-state index is -0.0236. The van der Waals surface area contributed by atoms with Gasteiger partial charge < -0.3 is 20.5 Å². The van der Waals surface area contributed by atoms with E-state index in [0.29, 0.717) is 41.5 Å². The van der Waals surface area contributed by atoms with E-state index in [4.69, 9.17) is 17.3 Å². The van der Waals surface area contributed by atoms with Crippen molar-refractivity contribution in [2.75, 3.05) is 36.8 Å². The number of piperazine rings is 1. The molecular formula is C21H22ClN9O. The number of fused-ring (bicyclic) bond motifs is 1. The molecule has 32 heavy (non-hydrogen) atoms. The van der Waals surface area contributed by atoms with Crippen molar-refractivity contribution in [2.24, 2.45) is 0 Å². The Balaban J connectivity index is 1.33. The molecule has 4 aromatic rings. The molecule has 0 bridgehead atoms. The first-order valence-corrected chi connectivity index (χ1v) is 10.6. The summed E-state index contributed by atoms with van der Waals surface area (Å²) in [5.41, 5.74) is 9.28. The minimum absolute atomic E-state index is 0.0236. The molecule has 10 nitrogen and oxygen atoms in total. The number of carbonyl (C=O) groups is 1. The van der Waals surface area contributed by atoms with Crippen molar-refractivity contribution in [3.8, 4) is 11.5 Å². The molecule has 1 aliphatic heterocycles. The summed E-state index contributed by atoms with van der Waals surface area (Å²) in [7, 11) is 0. The van der Waals surface area contributed by atoms with E-state index in [1.807, 2.05) is 24.0 Å². The third kappa shape index (κ3) is 3.62. The molecule has 0 spiro atoms. The van der Waals surface area contributed by atoms with Crippen molar-refractivity contribution >= 4 is 40.0 Å². The Morgan fingerprint density at radius 3 is 2.72 bits per heavy atom. The number of H-pyrrole nitrogens is 1. The molecular weight excluding hydrogens is 430 g/mol. The number of imidazole rings is 1. The number of benzene rings is 1. The van der Waals surface area contributed by atoms with E-state index < -0.39 is 0 Å². The first kappa shape index (κ1) is 20.3. The largest absolute Gasteiger partial charge is 0.383 e. The molecule has 4 heterocycles. The fourth-order valence-electron chi connectivity index (χ4n) is 3.97. The number of nitrogen functional groups attached to an aromatic ring is 1. The molecule has 1 amide bonds. The van der Waals surface area contributed by atoms with Crippen LogP contribution in [0.1, 0.15) is 5.56 Å². The predicted octanol–water partition coefficient (Wildman–Crippen LogP) is 2.11. The molecule has 1 fully saturated rings. The maximum absolute atomic E-state index is 13.1. The van der Waals surface area contributed by atoms with Crippen LogP contribution in [0.25, 0.3) is 22.6 Å². The summed E-state index contributed by atoms with van der Waals surface area (Å²) in [6.07, 6.45) is 4.71. The lowest BCUT2D eigenvalue weighted by Gasteiger charge is -2.36. The van der Waals surface area contributed by atoms with Crippen molar-refractivity contribution in [1.82, 2.24) is 34.6 Å². The lowest BCUT2D eigenvalue weighted by atomic mass is 10.2. The van der Waals surface area contributed by atoms with Crippen LogP contribution in [0.4, 0.5) is 11.5 Å². The SMILES string of the molecule is Cc1cc(N2CCN(C(=O)Cn3nc(-c4ncc[nH]4)c4c(N)ncnc43)CC2)ccc1Cl. The number of nitrogens with two attached hydrogens (primary N) is 1. The zero-order valence-corrected chi connectivity index (χ0v) is 18.2. The number of hydrogen-bond donors (Lipinski definition) is 2. The van der Waals surface area contributed by atoms with E-state index in [9.17, 15) is 4.79 Å². The average molecular weight is 452 g/mol. The Morgan fingerprint density at radius 2 is 2.00 bits per heavy atom. The molecule has 1 saturated heterocycles. The predicted molar refractivity (Wildman–Crippen MR) is 122 cm³/mol. The van der Waals surface area contributed by atoms with E-state index in [0.717, 1.165) is 29.4 Å². The number of halogens is 1. The molecule has 3 aromatic heterocycles. The summed E-state index contributed by atoms with van der Waals surface area (Å²) in [5, 5.41) is 5.92. The summed E-state index contributed by atoms with van der Waals surface area (Å²) in [6, 6.07) is 6.01. The lowest BCUT2D eigenvalue weighted by Crippen LogP contribution is -2.49. The van der Waals surface area contributed by atoms with Gasteiger partial charge in [0.1, 0.15) is 24.4 Å². The van der Waals surface area contributed by atoms with Crippen LogP contribution < -0.4 is 10.6 Å². The topological polar surface area (TPSA) is 122 Å². The first-order valence-electron chi connectivity index (χ1n) is 10.3. The van der Waals surface area contributed by atoms with E-state index >= 15 is 0 Å². The van der Waals surface area contributed by atoms with Gasteiger partial charge in [-0.3, -0.25) is 4.79 Å². The molecule has 0 saturated carbocycles. The second-order valence-electron chi connectivity index (χ2n) is 7.70. The van der Waals surface area contributed by atoms with Crippen molar-refractivity contribution in [3.63, 3.8) is 0 Å². The Kier molecular flexibility index (Phi) is 5.14. The number of rotatable bonds is 4. The number of anilines is 2. The number of nitrogens with one attached hydrogen (secondary N) is 1. The monoisotopic (exact) mass is 451 g/mol. The molecule has 11 heteroatoms. The van der Waals surface area contributed by atoms with Crippen molar-refractivity contribution in [3.05, 3.63) is 47.5 Å². The molecule has 0 radical (unpaired) electrons. The third-order valence-electron chi connectivity index (χ3n) is 5.71. The summed E-state index contributed by atoms with van der Waals surface area (Å²) in [5.74, 6) is 0.825. The number of hydrogen-bond acceptors (Lipinski definition) is 7. The molecule has 0 aliphatic carbocycles. The normalized spacial score (nSPS) is 14.3. The standard InChI is InChI=1S/C21H22ClN9O/c1-13-10-14(2-3-15(13)22)29-6-8-30(9-7-29)16(32)11-31-21-17(19(23)26-12-27-21)18(28-31)20-24-4-5-25-20/h2-5,10,12H,6-9,11H2,1H3,(H,24,25)(H2,23,26,27). The van der Waals surface area contributed by atoms with Crippen LogP contribution in [0.15, 0.2) is 36.9 Å². The smallest absolute Gasteiger partial charge is 0.244 e. The highest BCUT2D eigenvalue weighted by Crippen LogP contribution is 2.28. The maximum Gasteiger partial charge on any atom is 0.244 e. The quantitative estimate of drug-likeness (QED) is 0.487. The van der Waals surface area contributed by atoms with Crippen molar-refractivity contribution in [2.45, 2.75) is 13.5 Å². The van der Waals surface area contributed by atoms with Crippen LogP contribution >= 0.6 is 11.6 Å². The van der Waals surface area contributed by atoms with Crippen LogP contribution in [0.3, 0.4) is 0 Å². The van der Waals surface area contributed by atoms with Gasteiger partial charge in [-0.05, 0) is 30.7 Å². The van der Waals surface area contributed by atoms with Crippen LogP contribution in [-0.2, 0) is 11.3 Å². The molecule has 5 rings (SSSR count). The van der Waals surface area contributed by atoms with E-state index in [1.165, 1.54) is 6.33 Å². The number of amides is 1. The van der Waals surface area contributed by atoms with Gasteiger partial charge in [0.2, 0.25) is 5.91 Å². The second kappa shape index (κ2) is 8.12. The Morgan fingerprint density at radius 1 is 1.19 bits per heavy atom. The molecule has 164 valence electrons. The number of aromatic nitrogens is 6. The van der Waals surface area contributed by atoms with Gasteiger partial charge in [-0.25, -0.2) is 19.6 Å². The minimum Gasteiger partial charge on any atom is -0.383 e. The summed E-state index contributed by atoms with van der Waals surface area (Å²) < 4.78 is 1.57. The highest BCUT2D eigenvalue weighted by molar-refractivity contribution is 6.31. The van der Waals surface area contributed by atoms with Gasteiger partial charge in [-0.2, -0.15) is 5.10 Å². The molecule has 3 N–H and O–H groups in total. The second-order valence-corrected chi connectivity index (χ2v) is 8.11. The summed E-state index contributed by atoms with van der Waals surface area (Å²) in [6.45, 7) is 4.81. The fourth-order valence-corrected chi connectivity index (χ4v) is 4.09. The van der Waals surface area contributed by atoms with Crippen LogP contribution in [0.5, 0.6) is 0 Å². The lowest BCUT2D eigenvalue weighted by molar-refractivity contribution is -0.132. The highest BCUT2D eigenvalue weighted by atomic mass is 35.5. The van der Waals surface area contributed by atoms with Crippen LogP contribution in [-0.4, -0.2) is 66.7 Å². The first-order chi connectivity index (χ1) is 15.5. The van der Waals surface area contributed by atoms with Crippen molar-refractivity contribution < 1.29 is 4.79 Å². The van der Waals surface area contributed by atoms with Crippen LogP contribution in [0.2, 0.25) is 5.02 Å². The fraction of sp³-hybridized carbons (Fsp3) is 0.286. The van der Waals surface area contributed by atoms with Gasteiger partial charge in [0.15, 0.2) is 11.5 Å². The van der Waals surface area contributed by atoms with Gasteiger partial charge in [0.25, 0.3) is 0 Å². The zero-order valence-electron chi connectivity index (χ0n) is 17.5. The van der Waals surface area contributed by atoms with Gasteiger partial charge in [-0.1, -0.05) is 11.6 Å². The van der Waals surface area contributed by atoms with Crippen LogP contribution in [0, 0.1) is 6.92 Å². The van der Waals surface area contributed by atoms with E-state index in [2.05, 4.69) is 36.0 Å². The number of aryl methyl sites for hydroxylation is 1. The molecule has 1 aliphatic rings. The van der Waals surface area contributed by atoms with Crippen molar-refractivity contribution in [1.29, 1.82) is 0 Å². The maximum atomic E-state index is 13.1. The summed E-state index contributed by atoms with van der Waals surface area (Å²) in [4.78, 5) is 32.8. The van der Waals surface area contributed by atoms with E-state index in [1.54, 1.807) is 17.1 Å². The average Bonchev–Trinajstić information content (AvgIpc) is 3.45. The Bertz CT molecular complexity index is 1280. The van der Waals surface area contributed by atoms with Gasteiger partial charge in [0, 0.05) is 49.3 Å². The number of nitrogens with zero attached hydrogens (tertiary/aromatic N) is 7. The Labute approximate surface area is 189 Å². The molecule has 1 aromatic carbocycles. The third-order valence-corrected chi connectivity index (χ3v) is 6.13. The highest BCUT2D eigenvalue weighted by Gasteiger charge is 2.25.